The SMILES string of the molecule is NC(=O)c1cccnc1C#Cc1ccccc1. The van der Waals surface area contributed by atoms with Crippen molar-refractivity contribution in [3.05, 3.63) is 65.5 Å². The normalized spacial score (nSPS) is 9.18. The molecule has 0 spiro atoms. The van der Waals surface area contributed by atoms with Crippen LogP contribution in [0.25, 0.3) is 0 Å². The Kier molecular flexibility index (Phi) is 3.18. The fraction of sp³-hybridized carbons (Fsp3) is 0. The van der Waals surface area contributed by atoms with Crippen LogP contribution in [-0.2, 0) is 0 Å². The smallest absolute Gasteiger partial charge is 0.251 e. The molecule has 3 nitrogen and oxygen atoms in total. The largest absolute Gasteiger partial charge is 0.366 e. The van der Waals surface area contributed by atoms with Crippen LogP contribution < -0.4 is 5.73 Å². The fourth-order valence-electron chi connectivity index (χ4n) is 1.36. The average Bonchev–Trinajstić information content (AvgIpc) is 2.38. The van der Waals surface area contributed by atoms with Crippen molar-refractivity contribution in [1.82, 2.24) is 4.98 Å². The first-order valence-corrected chi connectivity index (χ1v) is 5.09. The van der Waals surface area contributed by atoms with E-state index in [2.05, 4.69) is 16.8 Å². The number of nitrogens with zero attached hydrogens (tertiary/aromatic N) is 1. The van der Waals surface area contributed by atoms with Crippen molar-refractivity contribution in [3.63, 3.8) is 0 Å². The standard InChI is InChI=1S/C14H10N2O/c15-14(17)12-7-4-10-16-13(12)9-8-11-5-2-1-3-6-11/h1-7,10H,(H2,15,17). The number of primary amides is 1. The maximum Gasteiger partial charge on any atom is 0.251 e. The second kappa shape index (κ2) is 4.95. The molecule has 0 aliphatic rings. The minimum Gasteiger partial charge on any atom is -0.366 e. The van der Waals surface area contributed by atoms with Crippen LogP contribution in [0.2, 0.25) is 0 Å². The van der Waals surface area contributed by atoms with E-state index >= 15 is 0 Å². The van der Waals surface area contributed by atoms with Crippen LogP contribution in [0.5, 0.6) is 0 Å². The average molecular weight is 222 g/mol. The molecule has 2 N–H and O–H groups in total. The molecule has 0 aliphatic carbocycles. The summed E-state index contributed by atoms with van der Waals surface area (Å²) in [5.41, 5.74) is 6.86. The third kappa shape index (κ3) is 2.70. The Bertz CT molecular complexity index is 594. The number of benzene rings is 1. The summed E-state index contributed by atoms with van der Waals surface area (Å²) in [6.45, 7) is 0. The molecule has 1 aromatic carbocycles. The molecule has 1 heterocycles. The van der Waals surface area contributed by atoms with Crippen molar-refractivity contribution in [1.29, 1.82) is 0 Å². The predicted octanol–water partition coefficient (Wildman–Crippen LogP) is 1.58. The van der Waals surface area contributed by atoms with E-state index in [1.54, 1.807) is 18.3 Å². The van der Waals surface area contributed by atoms with Gasteiger partial charge in [0, 0.05) is 11.8 Å². The lowest BCUT2D eigenvalue weighted by Crippen LogP contribution is -2.13. The van der Waals surface area contributed by atoms with Gasteiger partial charge in [-0.2, -0.15) is 0 Å². The van der Waals surface area contributed by atoms with E-state index in [0.717, 1.165) is 5.56 Å². The van der Waals surface area contributed by atoms with Gasteiger partial charge < -0.3 is 5.73 Å². The van der Waals surface area contributed by atoms with Gasteiger partial charge in [0.15, 0.2) is 0 Å². The van der Waals surface area contributed by atoms with E-state index in [0.29, 0.717) is 11.3 Å². The molecule has 2 rings (SSSR count). The van der Waals surface area contributed by atoms with E-state index < -0.39 is 5.91 Å². The minimum absolute atomic E-state index is 0.343. The Labute approximate surface area is 99.3 Å². The number of rotatable bonds is 1. The number of amides is 1. The zero-order chi connectivity index (χ0) is 12.1. The molecule has 0 fully saturated rings. The third-order valence-electron chi connectivity index (χ3n) is 2.17. The zero-order valence-corrected chi connectivity index (χ0v) is 9.05. The van der Waals surface area contributed by atoms with E-state index in [1.807, 2.05) is 30.3 Å². The third-order valence-corrected chi connectivity index (χ3v) is 2.17. The minimum atomic E-state index is -0.518. The quantitative estimate of drug-likeness (QED) is 0.745. The van der Waals surface area contributed by atoms with Crippen molar-refractivity contribution in [2.24, 2.45) is 5.73 Å². The molecular weight excluding hydrogens is 212 g/mol. The van der Waals surface area contributed by atoms with Crippen LogP contribution in [-0.4, -0.2) is 10.9 Å². The Morgan fingerprint density at radius 2 is 1.82 bits per heavy atom. The van der Waals surface area contributed by atoms with Gasteiger partial charge in [0.2, 0.25) is 0 Å². The summed E-state index contributed by atoms with van der Waals surface area (Å²) in [5.74, 6) is 5.27. The van der Waals surface area contributed by atoms with Gasteiger partial charge in [0.25, 0.3) is 5.91 Å². The van der Waals surface area contributed by atoms with Crippen LogP contribution in [0.4, 0.5) is 0 Å². The summed E-state index contributed by atoms with van der Waals surface area (Å²) >= 11 is 0. The van der Waals surface area contributed by atoms with E-state index in [-0.39, 0.29) is 0 Å². The van der Waals surface area contributed by atoms with E-state index in [9.17, 15) is 4.79 Å². The number of pyridine rings is 1. The van der Waals surface area contributed by atoms with Gasteiger partial charge in [0.1, 0.15) is 5.69 Å². The number of carbonyl (C=O) groups is 1. The molecular formula is C14H10N2O. The molecule has 0 unspecified atom stereocenters. The van der Waals surface area contributed by atoms with Crippen molar-refractivity contribution in [2.75, 3.05) is 0 Å². The maximum atomic E-state index is 11.1. The highest BCUT2D eigenvalue weighted by atomic mass is 16.1. The second-order valence-corrected chi connectivity index (χ2v) is 3.38. The van der Waals surface area contributed by atoms with Crippen molar-refractivity contribution >= 4 is 5.91 Å². The Morgan fingerprint density at radius 3 is 2.53 bits per heavy atom. The summed E-state index contributed by atoms with van der Waals surface area (Å²) in [7, 11) is 0. The Balaban J connectivity index is 2.38. The van der Waals surface area contributed by atoms with Crippen LogP contribution in [0.15, 0.2) is 48.7 Å². The van der Waals surface area contributed by atoms with Gasteiger partial charge in [-0.15, -0.1) is 0 Å². The highest BCUT2D eigenvalue weighted by Crippen LogP contribution is 2.03. The van der Waals surface area contributed by atoms with Crippen molar-refractivity contribution in [2.45, 2.75) is 0 Å². The topological polar surface area (TPSA) is 56.0 Å². The molecule has 0 saturated heterocycles. The molecule has 0 radical (unpaired) electrons. The Hall–Kier alpha value is -2.60. The van der Waals surface area contributed by atoms with E-state index in [4.69, 9.17) is 5.73 Å². The number of hydrogen-bond acceptors (Lipinski definition) is 2. The first-order valence-electron chi connectivity index (χ1n) is 5.09. The van der Waals surface area contributed by atoms with Crippen LogP contribution in [0.3, 0.4) is 0 Å². The molecule has 3 heteroatoms. The van der Waals surface area contributed by atoms with Crippen LogP contribution in [0, 0.1) is 11.8 Å². The maximum absolute atomic E-state index is 11.1. The van der Waals surface area contributed by atoms with Crippen LogP contribution in [0.1, 0.15) is 21.6 Å². The summed E-state index contributed by atoms with van der Waals surface area (Å²) in [5, 5.41) is 0. The molecule has 0 bridgehead atoms. The Morgan fingerprint density at radius 1 is 1.06 bits per heavy atom. The molecule has 82 valence electrons. The highest BCUT2D eigenvalue weighted by Gasteiger charge is 2.05. The van der Waals surface area contributed by atoms with Gasteiger partial charge in [-0.05, 0) is 30.2 Å². The lowest BCUT2D eigenvalue weighted by molar-refractivity contribution is 0.0999. The first kappa shape index (κ1) is 10.9. The zero-order valence-electron chi connectivity index (χ0n) is 9.05. The first-order chi connectivity index (χ1) is 8.27. The second-order valence-electron chi connectivity index (χ2n) is 3.38. The number of nitrogens with two attached hydrogens (primary N) is 1. The van der Waals surface area contributed by atoms with Gasteiger partial charge >= 0.3 is 0 Å². The van der Waals surface area contributed by atoms with Gasteiger partial charge in [-0.25, -0.2) is 4.98 Å². The molecule has 2 aromatic rings. The molecule has 17 heavy (non-hydrogen) atoms. The van der Waals surface area contributed by atoms with Gasteiger partial charge in [-0.1, -0.05) is 24.1 Å². The fourth-order valence-corrected chi connectivity index (χ4v) is 1.36. The molecule has 0 aliphatic heterocycles. The van der Waals surface area contributed by atoms with Gasteiger partial charge in [-0.3, -0.25) is 4.79 Å². The number of aromatic nitrogens is 1. The lowest BCUT2D eigenvalue weighted by Gasteiger charge is -1.96. The monoisotopic (exact) mass is 222 g/mol. The summed E-state index contributed by atoms with van der Waals surface area (Å²) < 4.78 is 0. The van der Waals surface area contributed by atoms with Crippen molar-refractivity contribution in [3.8, 4) is 11.8 Å². The molecule has 0 atom stereocenters. The summed E-state index contributed by atoms with van der Waals surface area (Å²) in [6, 6.07) is 12.8. The molecule has 0 saturated carbocycles. The summed E-state index contributed by atoms with van der Waals surface area (Å²) in [4.78, 5) is 15.2. The molecule has 1 aromatic heterocycles. The summed E-state index contributed by atoms with van der Waals surface area (Å²) in [6.07, 6.45) is 1.58. The molecule has 1 amide bonds. The van der Waals surface area contributed by atoms with Crippen molar-refractivity contribution < 1.29 is 4.79 Å². The predicted molar refractivity (Wildman–Crippen MR) is 65.2 cm³/mol. The number of hydrogen-bond donors (Lipinski definition) is 1. The van der Waals surface area contributed by atoms with Crippen LogP contribution >= 0.6 is 0 Å². The van der Waals surface area contributed by atoms with Gasteiger partial charge in [0.05, 0.1) is 5.56 Å². The van der Waals surface area contributed by atoms with E-state index in [1.165, 1.54) is 0 Å². The number of carbonyl (C=O) groups excluding carboxylic acids is 1. The lowest BCUT2D eigenvalue weighted by atomic mass is 10.1. The highest BCUT2D eigenvalue weighted by molar-refractivity contribution is 5.94.